The summed E-state index contributed by atoms with van der Waals surface area (Å²) in [6.45, 7) is 3.07. The standard InChI is InChI=1S/C21H35N3O12S/c1-3-12(28)22-8-23-13(29)4-5-37-21-14(24-9(2)27)16(31)19(11(7-26)35-21)36-20-18(33)17(32)15(30)10(6-25)34-20/h3,10-11,14-21,25-26,30-33H,1,4-8H2,2H3,(H,22,28)(H,23,29)(H,24,27)/t10-,11-,14-,15-,16-,17+,18-,19-,20+,21+/m1/s1. The minimum atomic E-state index is -1.76. The molecule has 0 unspecified atom stereocenters. The molecule has 0 aromatic carbocycles. The molecule has 2 aliphatic heterocycles. The molecule has 15 nitrogen and oxygen atoms in total. The van der Waals surface area contributed by atoms with Gasteiger partial charge in [-0.05, 0) is 6.08 Å². The summed E-state index contributed by atoms with van der Waals surface area (Å²) in [5, 5.41) is 67.9. The van der Waals surface area contributed by atoms with Crippen LogP contribution in [-0.2, 0) is 28.6 Å². The van der Waals surface area contributed by atoms with E-state index in [1.165, 1.54) is 6.92 Å². The molecule has 0 spiro atoms. The predicted molar refractivity (Wildman–Crippen MR) is 126 cm³/mol. The van der Waals surface area contributed by atoms with Crippen LogP contribution in [-0.4, -0.2) is 134 Å². The molecule has 3 amide bonds. The number of thioether (sulfide) groups is 1. The molecular formula is C21H35N3O12S. The van der Waals surface area contributed by atoms with Crippen molar-refractivity contribution in [3.63, 3.8) is 0 Å². The molecule has 0 radical (unpaired) electrons. The molecule has 9 N–H and O–H groups in total. The third kappa shape index (κ3) is 8.57. The maximum Gasteiger partial charge on any atom is 0.244 e. The van der Waals surface area contributed by atoms with Gasteiger partial charge in [0.2, 0.25) is 17.7 Å². The minimum absolute atomic E-state index is 0.00592. The normalized spacial score (nSPS) is 35.9. The maximum atomic E-state index is 12.0. The van der Waals surface area contributed by atoms with E-state index in [9.17, 15) is 45.0 Å². The van der Waals surface area contributed by atoms with Crippen LogP contribution in [0.15, 0.2) is 12.7 Å². The third-order valence-corrected chi connectivity index (χ3v) is 6.88. The van der Waals surface area contributed by atoms with E-state index in [1.807, 2.05) is 0 Å². The van der Waals surface area contributed by atoms with Gasteiger partial charge in [0.15, 0.2) is 6.29 Å². The molecule has 2 aliphatic rings. The van der Waals surface area contributed by atoms with Crippen molar-refractivity contribution in [2.45, 2.75) is 73.8 Å². The Balaban J connectivity index is 2.04. The highest BCUT2D eigenvalue weighted by Gasteiger charge is 2.51. The molecule has 0 bridgehead atoms. The van der Waals surface area contributed by atoms with Crippen molar-refractivity contribution in [3.05, 3.63) is 12.7 Å². The lowest BCUT2D eigenvalue weighted by Crippen LogP contribution is -2.66. The first-order valence-electron chi connectivity index (χ1n) is 11.5. The number of aliphatic hydroxyl groups is 6. The molecule has 0 saturated carbocycles. The fraction of sp³-hybridized carbons (Fsp3) is 0.762. The number of amides is 3. The molecular weight excluding hydrogens is 518 g/mol. The Labute approximate surface area is 217 Å². The fourth-order valence-corrected chi connectivity index (χ4v) is 4.95. The highest BCUT2D eigenvalue weighted by Crippen LogP contribution is 2.33. The lowest BCUT2D eigenvalue weighted by atomic mass is 9.96. The van der Waals surface area contributed by atoms with Crippen LogP contribution >= 0.6 is 11.8 Å². The first kappa shape index (κ1) is 31.4. The van der Waals surface area contributed by atoms with Gasteiger partial charge in [-0.2, -0.15) is 0 Å². The molecule has 2 heterocycles. The van der Waals surface area contributed by atoms with Crippen LogP contribution in [0.25, 0.3) is 0 Å². The zero-order valence-electron chi connectivity index (χ0n) is 20.1. The van der Waals surface area contributed by atoms with E-state index in [4.69, 9.17) is 14.2 Å². The van der Waals surface area contributed by atoms with Crippen LogP contribution in [0.3, 0.4) is 0 Å². The van der Waals surface area contributed by atoms with Crippen molar-refractivity contribution in [1.82, 2.24) is 16.0 Å². The second-order valence-corrected chi connectivity index (χ2v) is 9.59. The third-order valence-electron chi connectivity index (χ3n) is 5.71. The summed E-state index contributed by atoms with van der Waals surface area (Å²) in [6, 6.07) is -1.07. The largest absolute Gasteiger partial charge is 0.394 e. The van der Waals surface area contributed by atoms with E-state index in [-0.39, 0.29) is 24.7 Å². The highest BCUT2D eigenvalue weighted by atomic mass is 32.2. The van der Waals surface area contributed by atoms with Crippen LogP contribution in [0.5, 0.6) is 0 Å². The van der Waals surface area contributed by atoms with Crippen LogP contribution < -0.4 is 16.0 Å². The van der Waals surface area contributed by atoms with Gasteiger partial charge in [-0.25, -0.2) is 0 Å². The van der Waals surface area contributed by atoms with Gasteiger partial charge in [-0.3, -0.25) is 14.4 Å². The van der Waals surface area contributed by atoms with Crippen molar-refractivity contribution < 1.29 is 59.2 Å². The number of carbonyl (C=O) groups is 3. The van der Waals surface area contributed by atoms with Crippen molar-refractivity contribution in [2.75, 3.05) is 25.6 Å². The molecule has 0 aliphatic carbocycles. The predicted octanol–water partition coefficient (Wildman–Crippen LogP) is -4.75. The molecule has 37 heavy (non-hydrogen) atoms. The molecule has 10 atom stereocenters. The van der Waals surface area contributed by atoms with Gasteiger partial charge in [0.25, 0.3) is 0 Å². The van der Waals surface area contributed by atoms with Crippen molar-refractivity contribution in [1.29, 1.82) is 0 Å². The number of hydrogen-bond donors (Lipinski definition) is 9. The summed E-state index contributed by atoms with van der Waals surface area (Å²) in [5.74, 6) is -1.16. The zero-order valence-corrected chi connectivity index (χ0v) is 21.0. The van der Waals surface area contributed by atoms with Crippen molar-refractivity contribution >= 4 is 29.5 Å². The minimum Gasteiger partial charge on any atom is -0.394 e. The molecule has 0 aromatic heterocycles. The van der Waals surface area contributed by atoms with Gasteiger partial charge in [0.1, 0.15) is 48.2 Å². The first-order chi connectivity index (χ1) is 17.5. The van der Waals surface area contributed by atoms with Crippen LogP contribution in [0, 0.1) is 0 Å². The lowest BCUT2D eigenvalue weighted by Gasteiger charge is -2.47. The Morgan fingerprint density at radius 3 is 2.24 bits per heavy atom. The Morgan fingerprint density at radius 2 is 1.65 bits per heavy atom. The van der Waals surface area contributed by atoms with E-state index < -0.39 is 85.5 Å². The highest BCUT2D eigenvalue weighted by molar-refractivity contribution is 7.99. The zero-order chi connectivity index (χ0) is 27.7. The Hall–Kier alpha value is -1.86. The maximum absolute atomic E-state index is 12.0. The van der Waals surface area contributed by atoms with Crippen LogP contribution in [0.2, 0.25) is 0 Å². The summed E-state index contributed by atoms with van der Waals surface area (Å²) < 4.78 is 16.8. The van der Waals surface area contributed by atoms with E-state index >= 15 is 0 Å². The lowest BCUT2D eigenvalue weighted by molar-refractivity contribution is -0.333. The summed E-state index contributed by atoms with van der Waals surface area (Å²) in [4.78, 5) is 34.9. The van der Waals surface area contributed by atoms with Gasteiger partial charge in [-0.1, -0.05) is 6.58 Å². The van der Waals surface area contributed by atoms with E-state index in [0.29, 0.717) is 0 Å². The quantitative estimate of drug-likeness (QED) is 0.0816. The van der Waals surface area contributed by atoms with Gasteiger partial charge < -0.3 is 60.8 Å². The molecule has 2 saturated heterocycles. The number of ether oxygens (including phenoxy) is 3. The SMILES string of the molecule is C=CC(=O)NCNC(=O)CCS[C@@H]1O[C@H](CO)[C@@H](O[C@@H]2O[C@H](CO)[C@@H](O)[C@H](O)[C@H]2O)[C@H](O)[C@H]1NC(C)=O. The number of aliphatic hydroxyl groups excluding tert-OH is 6. The fourth-order valence-electron chi connectivity index (χ4n) is 3.76. The average Bonchev–Trinajstić information content (AvgIpc) is 2.86. The van der Waals surface area contributed by atoms with Gasteiger partial charge >= 0.3 is 0 Å². The Kier molecular flexibility index (Phi) is 12.6. The Bertz CT molecular complexity index is 790. The van der Waals surface area contributed by atoms with Gasteiger partial charge in [0.05, 0.1) is 25.9 Å². The van der Waals surface area contributed by atoms with Crippen molar-refractivity contribution in [3.8, 4) is 0 Å². The number of hydrogen-bond acceptors (Lipinski definition) is 13. The average molecular weight is 554 g/mol. The number of rotatable bonds is 12. The summed E-state index contributed by atoms with van der Waals surface area (Å²) in [5.41, 5.74) is -0.918. The summed E-state index contributed by atoms with van der Waals surface area (Å²) in [7, 11) is 0. The second kappa shape index (κ2) is 14.9. The Morgan fingerprint density at radius 1 is 0.973 bits per heavy atom. The second-order valence-electron chi connectivity index (χ2n) is 8.38. The number of carbonyl (C=O) groups excluding carboxylic acids is 3. The molecule has 2 fully saturated rings. The van der Waals surface area contributed by atoms with Gasteiger partial charge in [0, 0.05) is 19.1 Å². The summed E-state index contributed by atoms with van der Waals surface area (Å²) in [6.07, 6.45) is -10.9. The van der Waals surface area contributed by atoms with Crippen LogP contribution in [0.1, 0.15) is 13.3 Å². The van der Waals surface area contributed by atoms with Gasteiger partial charge in [-0.15, -0.1) is 11.8 Å². The van der Waals surface area contributed by atoms with Crippen molar-refractivity contribution in [2.24, 2.45) is 0 Å². The van der Waals surface area contributed by atoms with E-state index in [2.05, 4.69) is 22.5 Å². The smallest absolute Gasteiger partial charge is 0.244 e. The molecule has 16 heteroatoms. The summed E-state index contributed by atoms with van der Waals surface area (Å²) >= 11 is 1.08. The van der Waals surface area contributed by atoms with E-state index in [0.717, 1.165) is 17.8 Å². The first-order valence-corrected chi connectivity index (χ1v) is 12.5. The molecule has 0 aromatic rings. The topological polar surface area (TPSA) is 236 Å². The monoisotopic (exact) mass is 553 g/mol. The van der Waals surface area contributed by atoms with E-state index in [1.54, 1.807) is 0 Å². The molecule has 2 rings (SSSR count). The number of nitrogens with one attached hydrogen (secondary N) is 3. The van der Waals surface area contributed by atoms with Crippen LogP contribution in [0.4, 0.5) is 0 Å². The molecule has 212 valence electrons.